The van der Waals surface area contributed by atoms with Crippen molar-refractivity contribution in [2.75, 3.05) is 0 Å². The lowest BCUT2D eigenvalue weighted by atomic mass is 10.1. The molecule has 29 heavy (non-hydrogen) atoms. The van der Waals surface area contributed by atoms with E-state index in [0.29, 0.717) is 28.6 Å². The van der Waals surface area contributed by atoms with Crippen molar-refractivity contribution in [2.45, 2.75) is 6.92 Å². The second-order valence-corrected chi connectivity index (χ2v) is 6.73. The molecule has 142 valence electrons. The first kappa shape index (κ1) is 18.5. The topological polar surface area (TPSA) is 35.5 Å². The van der Waals surface area contributed by atoms with E-state index < -0.39 is 0 Å². The molecular weight excluding hydrogens is 360 g/mol. The van der Waals surface area contributed by atoms with Gasteiger partial charge in [0.1, 0.15) is 23.0 Å². The molecule has 0 aromatic heterocycles. The Morgan fingerprint density at radius 1 is 0.621 bits per heavy atom. The Morgan fingerprint density at radius 3 is 1.90 bits per heavy atom. The first-order valence-corrected chi connectivity index (χ1v) is 9.38. The third-order valence-corrected chi connectivity index (χ3v) is 4.56. The van der Waals surface area contributed by atoms with Gasteiger partial charge in [-0.25, -0.2) is 0 Å². The molecule has 3 heteroatoms. The lowest BCUT2D eigenvalue weighted by Crippen LogP contribution is -1.92. The number of aldehydes is 1. The maximum absolute atomic E-state index is 11.4. The highest BCUT2D eigenvalue weighted by atomic mass is 16.5. The Hall–Kier alpha value is -3.85. The molecule has 0 heterocycles. The number of hydrogen-bond acceptors (Lipinski definition) is 3. The second kappa shape index (κ2) is 8.44. The third-order valence-electron chi connectivity index (χ3n) is 4.56. The van der Waals surface area contributed by atoms with Gasteiger partial charge in [0.2, 0.25) is 0 Å². The number of carbonyl (C=O) groups excluding carboxylic acids is 1. The molecule has 4 aromatic rings. The van der Waals surface area contributed by atoms with Crippen molar-refractivity contribution >= 4 is 6.29 Å². The van der Waals surface area contributed by atoms with Gasteiger partial charge in [0.25, 0.3) is 0 Å². The fraction of sp³-hybridized carbons (Fsp3) is 0.0385. The molecule has 0 unspecified atom stereocenters. The molecule has 0 amide bonds. The number of rotatable bonds is 6. The fourth-order valence-electron chi connectivity index (χ4n) is 2.98. The molecule has 0 radical (unpaired) electrons. The Kier molecular flexibility index (Phi) is 5.39. The van der Waals surface area contributed by atoms with Crippen molar-refractivity contribution in [1.82, 2.24) is 0 Å². The van der Waals surface area contributed by atoms with Gasteiger partial charge >= 0.3 is 0 Å². The smallest absolute Gasteiger partial charge is 0.153 e. The summed E-state index contributed by atoms with van der Waals surface area (Å²) in [5.41, 5.74) is 3.89. The van der Waals surface area contributed by atoms with E-state index in [0.717, 1.165) is 23.0 Å². The molecule has 4 aromatic carbocycles. The van der Waals surface area contributed by atoms with E-state index in [4.69, 9.17) is 9.47 Å². The van der Waals surface area contributed by atoms with Gasteiger partial charge in [0.05, 0.1) is 5.56 Å². The van der Waals surface area contributed by atoms with Crippen molar-refractivity contribution in [1.29, 1.82) is 0 Å². The Balaban J connectivity index is 1.54. The molecule has 0 fully saturated rings. The molecule has 0 N–H and O–H groups in total. The van der Waals surface area contributed by atoms with E-state index in [-0.39, 0.29) is 0 Å². The van der Waals surface area contributed by atoms with Crippen molar-refractivity contribution in [3.05, 3.63) is 108 Å². The highest BCUT2D eigenvalue weighted by molar-refractivity contribution is 5.80. The summed E-state index contributed by atoms with van der Waals surface area (Å²) in [5.74, 6) is 2.44. The van der Waals surface area contributed by atoms with Crippen LogP contribution in [0.25, 0.3) is 11.1 Å². The van der Waals surface area contributed by atoms with Gasteiger partial charge in [-0.2, -0.15) is 0 Å². The average molecular weight is 380 g/mol. The monoisotopic (exact) mass is 380 g/mol. The molecule has 0 aliphatic carbocycles. The summed E-state index contributed by atoms with van der Waals surface area (Å²) in [5, 5.41) is 0. The number of carbonyl (C=O) groups is 1. The van der Waals surface area contributed by atoms with Crippen LogP contribution in [0.1, 0.15) is 15.9 Å². The molecule has 0 aliphatic heterocycles. The standard InChI is InChI=1S/C26H20O3/c1-19-7-12-24(13-8-19)29-26-17-25(16-11-22(26)18-27)28-23-14-9-21(10-15-23)20-5-3-2-4-6-20/h2-18H,1H3. The molecular formula is C26H20O3. The summed E-state index contributed by atoms with van der Waals surface area (Å²) >= 11 is 0. The van der Waals surface area contributed by atoms with Crippen LogP contribution < -0.4 is 9.47 Å². The normalized spacial score (nSPS) is 10.4. The van der Waals surface area contributed by atoms with Crippen LogP contribution in [0.3, 0.4) is 0 Å². The molecule has 0 spiro atoms. The van der Waals surface area contributed by atoms with E-state index in [1.54, 1.807) is 18.2 Å². The van der Waals surface area contributed by atoms with Gasteiger partial charge in [-0.05, 0) is 54.4 Å². The Bertz CT molecular complexity index is 1100. The number of ether oxygens (including phenoxy) is 2. The SMILES string of the molecule is Cc1ccc(Oc2cc(Oc3ccc(-c4ccccc4)cc3)ccc2C=O)cc1. The van der Waals surface area contributed by atoms with Gasteiger partial charge in [0, 0.05) is 6.07 Å². The zero-order valence-electron chi connectivity index (χ0n) is 16.0. The molecule has 0 saturated heterocycles. The highest BCUT2D eigenvalue weighted by Gasteiger charge is 2.08. The largest absolute Gasteiger partial charge is 0.457 e. The van der Waals surface area contributed by atoms with Crippen molar-refractivity contribution in [3.8, 4) is 34.1 Å². The van der Waals surface area contributed by atoms with E-state index in [2.05, 4.69) is 12.1 Å². The van der Waals surface area contributed by atoms with E-state index in [9.17, 15) is 4.79 Å². The number of hydrogen-bond donors (Lipinski definition) is 0. The van der Waals surface area contributed by atoms with E-state index in [1.807, 2.05) is 73.7 Å². The third kappa shape index (κ3) is 4.53. The van der Waals surface area contributed by atoms with E-state index in [1.165, 1.54) is 0 Å². The molecule has 0 bridgehead atoms. The van der Waals surface area contributed by atoms with Gasteiger partial charge in [-0.15, -0.1) is 0 Å². The van der Waals surface area contributed by atoms with Crippen LogP contribution in [0, 0.1) is 6.92 Å². The first-order chi connectivity index (χ1) is 14.2. The van der Waals surface area contributed by atoms with Gasteiger partial charge in [-0.1, -0.05) is 60.2 Å². The Morgan fingerprint density at radius 2 is 1.21 bits per heavy atom. The number of aryl methyl sites for hydroxylation is 1. The highest BCUT2D eigenvalue weighted by Crippen LogP contribution is 2.32. The van der Waals surface area contributed by atoms with Gasteiger partial charge < -0.3 is 9.47 Å². The quantitative estimate of drug-likeness (QED) is 0.336. The van der Waals surface area contributed by atoms with Crippen LogP contribution in [-0.2, 0) is 0 Å². The molecule has 0 aliphatic rings. The van der Waals surface area contributed by atoms with Crippen LogP contribution in [0.5, 0.6) is 23.0 Å². The molecule has 4 rings (SSSR count). The minimum Gasteiger partial charge on any atom is -0.457 e. The van der Waals surface area contributed by atoms with Crippen LogP contribution in [0.15, 0.2) is 97.1 Å². The summed E-state index contributed by atoms with van der Waals surface area (Å²) in [6, 6.07) is 30.9. The lowest BCUT2D eigenvalue weighted by molar-refractivity contribution is 0.112. The van der Waals surface area contributed by atoms with Crippen LogP contribution in [-0.4, -0.2) is 6.29 Å². The molecule has 0 atom stereocenters. The van der Waals surface area contributed by atoms with Gasteiger partial charge in [0.15, 0.2) is 6.29 Å². The molecule has 0 saturated carbocycles. The minimum atomic E-state index is 0.460. The average Bonchev–Trinajstić information content (AvgIpc) is 2.77. The van der Waals surface area contributed by atoms with Crippen molar-refractivity contribution in [2.24, 2.45) is 0 Å². The van der Waals surface area contributed by atoms with Crippen LogP contribution in [0.2, 0.25) is 0 Å². The zero-order valence-corrected chi connectivity index (χ0v) is 16.0. The maximum atomic E-state index is 11.4. The fourth-order valence-corrected chi connectivity index (χ4v) is 2.98. The van der Waals surface area contributed by atoms with E-state index >= 15 is 0 Å². The summed E-state index contributed by atoms with van der Waals surface area (Å²) < 4.78 is 11.9. The predicted molar refractivity (Wildman–Crippen MR) is 115 cm³/mol. The Labute approximate surface area is 170 Å². The van der Waals surface area contributed by atoms with Crippen LogP contribution >= 0.6 is 0 Å². The first-order valence-electron chi connectivity index (χ1n) is 9.38. The minimum absolute atomic E-state index is 0.460. The zero-order chi connectivity index (χ0) is 20.1. The summed E-state index contributed by atoms with van der Waals surface area (Å²) in [4.78, 5) is 11.4. The second-order valence-electron chi connectivity index (χ2n) is 6.73. The summed E-state index contributed by atoms with van der Waals surface area (Å²) in [6.07, 6.45) is 0.780. The van der Waals surface area contributed by atoms with Gasteiger partial charge in [-0.3, -0.25) is 4.79 Å². The van der Waals surface area contributed by atoms with Crippen LogP contribution in [0.4, 0.5) is 0 Å². The van der Waals surface area contributed by atoms with Crippen molar-refractivity contribution < 1.29 is 14.3 Å². The molecule has 3 nitrogen and oxygen atoms in total. The summed E-state index contributed by atoms with van der Waals surface area (Å²) in [6.45, 7) is 2.01. The lowest BCUT2D eigenvalue weighted by Gasteiger charge is -2.12. The number of benzene rings is 4. The summed E-state index contributed by atoms with van der Waals surface area (Å²) in [7, 11) is 0. The maximum Gasteiger partial charge on any atom is 0.153 e. The van der Waals surface area contributed by atoms with Crippen molar-refractivity contribution in [3.63, 3.8) is 0 Å². The predicted octanol–water partition coefficient (Wildman–Crippen LogP) is 7.06.